The van der Waals surface area contributed by atoms with Crippen LogP contribution in [0.2, 0.25) is 0 Å². The van der Waals surface area contributed by atoms with E-state index in [0.29, 0.717) is 30.0 Å². The van der Waals surface area contributed by atoms with Crippen molar-refractivity contribution < 1.29 is 14.3 Å². The Bertz CT molecular complexity index is 968. The SMILES string of the molecule is O=C(Nc1ccc(N2CCCC2=O)cc1)c1cccc(OCc2cccs2)c1. The second-order valence-electron chi connectivity index (χ2n) is 6.55. The number of hydrogen-bond donors (Lipinski definition) is 1. The van der Waals surface area contributed by atoms with Gasteiger partial charge in [0, 0.05) is 34.8 Å². The Hall–Kier alpha value is -3.12. The van der Waals surface area contributed by atoms with Gasteiger partial charge in [-0.05, 0) is 60.3 Å². The van der Waals surface area contributed by atoms with Crippen LogP contribution in [0.1, 0.15) is 28.1 Å². The number of nitrogens with zero attached hydrogens (tertiary/aromatic N) is 1. The number of thiophene rings is 1. The molecule has 2 aromatic carbocycles. The molecule has 2 amide bonds. The maximum atomic E-state index is 12.6. The smallest absolute Gasteiger partial charge is 0.255 e. The number of anilines is 2. The maximum Gasteiger partial charge on any atom is 0.255 e. The molecule has 0 saturated carbocycles. The highest BCUT2D eigenvalue weighted by atomic mass is 32.1. The van der Waals surface area contributed by atoms with Gasteiger partial charge in [-0.3, -0.25) is 9.59 Å². The lowest BCUT2D eigenvalue weighted by Crippen LogP contribution is -2.23. The van der Waals surface area contributed by atoms with Crippen LogP contribution in [0.5, 0.6) is 5.75 Å². The quantitative estimate of drug-likeness (QED) is 0.661. The fourth-order valence-electron chi connectivity index (χ4n) is 3.13. The third-order valence-electron chi connectivity index (χ3n) is 4.57. The molecule has 1 N–H and O–H groups in total. The molecule has 28 heavy (non-hydrogen) atoms. The Kier molecular flexibility index (Phi) is 5.39. The Balaban J connectivity index is 1.39. The first-order valence-corrected chi connectivity index (χ1v) is 10.0. The van der Waals surface area contributed by atoms with Crippen LogP contribution in [0.15, 0.2) is 66.0 Å². The first-order valence-electron chi connectivity index (χ1n) is 9.16. The van der Waals surface area contributed by atoms with Gasteiger partial charge < -0.3 is 15.0 Å². The van der Waals surface area contributed by atoms with Crippen molar-refractivity contribution in [3.63, 3.8) is 0 Å². The first kappa shape index (κ1) is 18.3. The largest absolute Gasteiger partial charge is 0.488 e. The van der Waals surface area contributed by atoms with E-state index in [0.717, 1.165) is 23.5 Å². The molecule has 1 aliphatic rings. The predicted molar refractivity (Wildman–Crippen MR) is 111 cm³/mol. The van der Waals surface area contributed by atoms with Gasteiger partial charge in [-0.1, -0.05) is 12.1 Å². The van der Waals surface area contributed by atoms with Crippen molar-refractivity contribution in [2.45, 2.75) is 19.4 Å². The summed E-state index contributed by atoms with van der Waals surface area (Å²) in [5.41, 5.74) is 2.08. The van der Waals surface area contributed by atoms with Crippen molar-refractivity contribution in [3.8, 4) is 5.75 Å². The average Bonchev–Trinajstić information content (AvgIpc) is 3.39. The highest BCUT2D eigenvalue weighted by Crippen LogP contribution is 2.24. The Morgan fingerprint density at radius 1 is 1.11 bits per heavy atom. The summed E-state index contributed by atoms with van der Waals surface area (Å²) < 4.78 is 5.77. The Labute approximate surface area is 167 Å². The molecule has 2 heterocycles. The molecule has 0 bridgehead atoms. The number of hydrogen-bond acceptors (Lipinski definition) is 4. The van der Waals surface area contributed by atoms with Crippen molar-refractivity contribution in [1.82, 2.24) is 0 Å². The zero-order valence-corrected chi connectivity index (χ0v) is 16.1. The zero-order valence-electron chi connectivity index (χ0n) is 15.3. The van der Waals surface area contributed by atoms with E-state index >= 15 is 0 Å². The molecule has 6 heteroatoms. The van der Waals surface area contributed by atoms with Crippen molar-refractivity contribution in [2.24, 2.45) is 0 Å². The van der Waals surface area contributed by atoms with Gasteiger partial charge in [0.05, 0.1) is 0 Å². The average molecular weight is 392 g/mol. The van der Waals surface area contributed by atoms with E-state index in [4.69, 9.17) is 4.74 Å². The molecule has 0 spiro atoms. The van der Waals surface area contributed by atoms with Gasteiger partial charge >= 0.3 is 0 Å². The molecule has 1 saturated heterocycles. The van der Waals surface area contributed by atoms with E-state index in [1.165, 1.54) is 0 Å². The minimum absolute atomic E-state index is 0.149. The van der Waals surface area contributed by atoms with Gasteiger partial charge in [0.25, 0.3) is 5.91 Å². The van der Waals surface area contributed by atoms with Crippen molar-refractivity contribution in [2.75, 3.05) is 16.8 Å². The number of rotatable bonds is 6. The maximum absolute atomic E-state index is 12.6. The summed E-state index contributed by atoms with van der Waals surface area (Å²) >= 11 is 1.64. The summed E-state index contributed by atoms with van der Waals surface area (Å²) in [4.78, 5) is 27.3. The van der Waals surface area contributed by atoms with Gasteiger partial charge in [-0.15, -0.1) is 11.3 Å². The van der Waals surface area contributed by atoms with E-state index in [-0.39, 0.29) is 11.8 Å². The highest BCUT2D eigenvalue weighted by molar-refractivity contribution is 7.09. The molecule has 3 aromatic rings. The van der Waals surface area contributed by atoms with Gasteiger partial charge in [-0.2, -0.15) is 0 Å². The standard InChI is InChI=1S/C22H20N2O3S/c25-21-7-2-12-24(21)18-10-8-17(9-11-18)23-22(26)16-4-1-5-19(14-16)27-15-20-6-3-13-28-20/h1,3-6,8-11,13-14H,2,7,12,15H2,(H,23,26). The fraction of sp³-hybridized carbons (Fsp3) is 0.182. The molecule has 4 rings (SSSR count). The topological polar surface area (TPSA) is 58.6 Å². The van der Waals surface area contributed by atoms with Crippen LogP contribution in [0.3, 0.4) is 0 Å². The van der Waals surface area contributed by atoms with E-state index in [9.17, 15) is 9.59 Å². The van der Waals surface area contributed by atoms with Crippen LogP contribution in [-0.2, 0) is 11.4 Å². The second-order valence-corrected chi connectivity index (χ2v) is 7.58. The lowest BCUT2D eigenvalue weighted by atomic mass is 10.2. The summed E-state index contributed by atoms with van der Waals surface area (Å²) in [6.45, 7) is 1.24. The monoisotopic (exact) mass is 392 g/mol. The lowest BCUT2D eigenvalue weighted by Gasteiger charge is -2.16. The summed E-state index contributed by atoms with van der Waals surface area (Å²) in [7, 11) is 0. The molecular formula is C22H20N2O3S. The minimum Gasteiger partial charge on any atom is -0.488 e. The van der Waals surface area contributed by atoms with Crippen LogP contribution in [0.25, 0.3) is 0 Å². The van der Waals surface area contributed by atoms with Gasteiger partial charge in [0.1, 0.15) is 12.4 Å². The summed E-state index contributed by atoms with van der Waals surface area (Å²) in [5.74, 6) is 0.603. The molecule has 0 unspecified atom stereocenters. The fourth-order valence-corrected chi connectivity index (χ4v) is 3.74. The van der Waals surface area contributed by atoms with Crippen LogP contribution in [0.4, 0.5) is 11.4 Å². The normalized spacial score (nSPS) is 13.6. The van der Waals surface area contributed by atoms with E-state index in [1.807, 2.05) is 47.8 Å². The van der Waals surface area contributed by atoms with Gasteiger partial charge in [0.15, 0.2) is 0 Å². The van der Waals surface area contributed by atoms with Crippen molar-refractivity contribution in [3.05, 3.63) is 76.5 Å². The Morgan fingerprint density at radius 2 is 1.96 bits per heavy atom. The van der Waals surface area contributed by atoms with Crippen molar-refractivity contribution in [1.29, 1.82) is 0 Å². The summed E-state index contributed by atoms with van der Waals surface area (Å²) in [6.07, 6.45) is 1.49. The van der Waals surface area contributed by atoms with E-state index in [1.54, 1.807) is 34.4 Å². The molecule has 1 aliphatic heterocycles. The molecule has 0 radical (unpaired) electrons. The van der Waals surface area contributed by atoms with E-state index in [2.05, 4.69) is 5.32 Å². The number of carbonyl (C=O) groups excluding carboxylic acids is 2. The van der Waals surface area contributed by atoms with Crippen LogP contribution >= 0.6 is 11.3 Å². The number of carbonyl (C=O) groups is 2. The molecule has 0 atom stereocenters. The zero-order chi connectivity index (χ0) is 19.3. The van der Waals surface area contributed by atoms with Gasteiger partial charge in [-0.25, -0.2) is 0 Å². The minimum atomic E-state index is -0.202. The number of ether oxygens (including phenoxy) is 1. The third-order valence-corrected chi connectivity index (χ3v) is 5.42. The van der Waals surface area contributed by atoms with Crippen molar-refractivity contribution >= 4 is 34.5 Å². The van der Waals surface area contributed by atoms with E-state index < -0.39 is 0 Å². The molecule has 1 aromatic heterocycles. The van der Waals surface area contributed by atoms with Crippen LogP contribution < -0.4 is 15.0 Å². The number of nitrogens with one attached hydrogen (secondary N) is 1. The lowest BCUT2D eigenvalue weighted by molar-refractivity contribution is -0.117. The second kappa shape index (κ2) is 8.27. The van der Waals surface area contributed by atoms with Gasteiger partial charge in [0.2, 0.25) is 5.91 Å². The molecular weight excluding hydrogens is 372 g/mol. The molecule has 1 fully saturated rings. The summed E-state index contributed by atoms with van der Waals surface area (Å²) in [5, 5.41) is 4.90. The molecule has 0 aliphatic carbocycles. The summed E-state index contributed by atoms with van der Waals surface area (Å²) in [6, 6.07) is 18.5. The Morgan fingerprint density at radius 3 is 2.68 bits per heavy atom. The first-order chi connectivity index (χ1) is 13.7. The number of benzene rings is 2. The molecule has 5 nitrogen and oxygen atoms in total. The molecule has 142 valence electrons. The predicted octanol–water partition coefficient (Wildman–Crippen LogP) is 4.71. The number of amides is 2. The van der Waals surface area contributed by atoms with Crippen LogP contribution in [0, 0.1) is 0 Å². The third kappa shape index (κ3) is 4.23. The highest BCUT2D eigenvalue weighted by Gasteiger charge is 2.21. The van der Waals surface area contributed by atoms with Crippen LogP contribution in [-0.4, -0.2) is 18.4 Å².